The molecule has 0 atom stereocenters. The van der Waals surface area contributed by atoms with Crippen LogP contribution in [0.5, 0.6) is 5.75 Å². The molecule has 0 aromatic heterocycles. The van der Waals surface area contributed by atoms with Gasteiger partial charge in [0.1, 0.15) is 5.75 Å². The Kier molecular flexibility index (Phi) is 6.19. The van der Waals surface area contributed by atoms with Crippen LogP contribution in [0.2, 0.25) is 0 Å². The molecule has 1 aliphatic heterocycles. The number of anilines is 3. The lowest BCUT2D eigenvalue weighted by atomic mass is 9.99. The van der Waals surface area contributed by atoms with Gasteiger partial charge in [-0.2, -0.15) is 0 Å². The van der Waals surface area contributed by atoms with E-state index in [1.165, 1.54) is 0 Å². The third-order valence-corrected chi connectivity index (χ3v) is 4.66. The van der Waals surface area contributed by atoms with Gasteiger partial charge in [0.05, 0.1) is 12.3 Å². The van der Waals surface area contributed by atoms with Crippen molar-refractivity contribution < 1.29 is 14.3 Å². The second-order valence-corrected chi connectivity index (χ2v) is 7.10. The lowest BCUT2D eigenvalue weighted by molar-refractivity contribution is -0.121. The maximum Gasteiger partial charge on any atom is 0.323 e. The summed E-state index contributed by atoms with van der Waals surface area (Å²) >= 11 is 0. The van der Waals surface area contributed by atoms with E-state index in [2.05, 4.69) is 10.6 Å². The van der Waals surface area contributed by atoms with Crippen LogP contribution >= 0.6 is 0 Å². The number of rotatable bonds is 5. The van der Waals surface area contributed by atoms with Crippen molar-refractivity contribution in [3.8, 4) is 5.75 Å². The molecule has 0 bridgehead atoms. The number of fused-ring (bicyclic) bond motifs is 1. The van der Waals surface area contributed by atoms with Crippen LogP contribution in [0.25, 0.3) is 0 Å². The number of aryl methyl sites for hydroxylation is 1. The number of nitrogens with zero attached hydrogens (tertiary/aromatic N) is 1. The molecule has 2 N–H and O–H groups in total. The van der Waals surface area contributed by atoms with Gasteiger partial charge >= 0.3 is 6.03 Å². The molecule has 2 aromatic rings. The van der Waals surface area contributed by atoms with Crippen molar-refractivity contribution >= 4 is 29.0 Å². The summed E-state index contributed by atoms with van der Waals surface area (Å²) < 4.78 is 5.54. The Morgan fingerprint density at radius 3 is 2.68 bits per heavy atom. The van der Waals surface area contributed by atoms with Crippen LogP contribution in [0.15, 0.2) is 42.5 Å². The molecule has 0 saturated carbocycles. The molecule has 148 valence electrons. The lowest BCUT2D eigenvalue weighted by Gasteiger charge is -2.31. The number of amides is 3. The van der Waals surface area contributed by atoms with E-state index in [0.29, 0.717) is 30.3 Å². The molecule has 2 aromatic carbocycles. The van der Waals surface area contributed by atoms with Crippen molar-refractivity contribution in [3.05, 3.63) is 48.0 Å². The first kappa shape index (κ1) is 19.7. The first-order valence-corrected chi connectivity index (χ1v) is 9.73. The number of hydrogen-bond donors (Lipinski definition) is 2. The molecular weight excluding hydrogens is 354 g/mol. The molecule has 28 heavy (non-hydrogen) atoms. The van der Waals surface area contributed by atoms with Gasteiger partial charge in [-0.3, -0.25) is 4.79 Å². The van der Waals surface area contributed by atoms with Crippen molar-refractivity contribution in [2.75, 3.05) is 28.7 Å². The molecular formula is C22H27N3O3. The van der Waals surface area contributed by atoms with Crippen molar-refractivity contribution in [2.45, 2.75) is 33.6 Å². The van der Waals surface area contributed by atoms with E-state index in [4.69, 9.17) is 4.74 Å². The van der Waals surface area contributed by atoms with Gasteiger partial charge < -0.3 is 20.3 Å². The van der Waals surface area contributed by atoms with Gasteiger partial charge in [-0.25, -0.2) is 4.79 Å². The van der Waals surface area contributed by atoms with Crippen LogP contribution in [0, 0.1) is 5.92 Å². The topological polar surface area (TPSA) is 70.7 Å². The maximum atomic E-state index is 12.5. The summed E-state index contributed by atoms with van der Waals surface area (Å²) in [5, 5.41) is 5.68. The fraction of sp³-hybridized carbons (Fsp3) is 0.364. The molecule has 0 aliphatic carbocycles. The summed E-state index contributed by atoms with van der Waals surface area (Å²) in [7, 11) is 0. The summed E-state index contributed by atoms with van der Waals surface area (Å²) in [5.41, 5.74) is 3.27. The fourth-order valence-electron chi connectivity index (χ4n) is 3.33. The van der Waals surface area contributed by atoms with E-state index in [9.17, 15) is 9.59 Å². The van der Waals surface area contributed by atoms with E-state index >= 15 is 0 Å². The minimum atomic E-state index is -0.357. The molecule has 0 spiro atoms. The van der Waals surface area contributed by atoms with Crippen molar-refractivity contribution in [3.63, 3.8) is 0 Å². The zero-order valence-electron chi connectivity index (χ0n) is 16.6. The highest BCUT2D eigenvalue weighted by Gasteiger charge is 2.24. The van der Waals surface area contributed by atoms with Crippen LogP contribution in [0.3, 0.4) is 0 Å². The van der Waals surface area contributed by atoms with Gasteiger partial charge in [-0.05, 0) is 49.6 Å². The molecule has 0 unspecified atom stereocenters. The predicted octanol–water partition coefficient (Wildman–Crippen LogP) is 4.66. The van der Waals surface area contributed by atoms with Gasteiger partial charge in [-0.1, -0.05) is 32.0 Å². The molecule has 0 saturated heterocycles. The zero-order valence-corrected chi connectivity index (χ0v) is 16.6. The van der Waals surface area contributed by atoms with Crippen molar-refractivity contribution in [1.29, 1.82) is 0 Å². The van der Waals surface area contributed by atoms with E-state index in [1.54, 1.807) is 6.07 Å². The van der Waals surface area contributed by atoms with Crippen molar-refractivity contribution in [1.82, 2.24) is 0 Å². The average molecular weight is 381 g/mol. The fourth-order valence-corrected chi connectivity index (χ4v) is 3.33. The Bertz CT molecular complexity index is 864. The smallest absolute Gasteiger partial charge is 0.323 e. The third-order valence-electron chi connectivity index (χ3n) is 4.66. The Morgan fingerprint density at radius 2 is 1.93 bits per heavy atom. The summed E-state index contributed by atoms with van der Waals surface area (Å²) in [6, 6.07) is 12.7. The number of carbonyl (C=O) groups is 2. The largest absolute Gasteiger partial charge is 0.492 e. The Balaban J connectivity index is 1.76. The summed E-state index contributed by atoms with van der Waals surface area (Å²) in [6.45, 7) is 6.93. The van der Waals surface area contributed by atoms with Crippen LogP contribution in [-0.2, 0) is 11.2 Å². The van der Waals surface area contributed by atoms with Crippen molar-refractivity contribution in [2.24, 2.45) is 5.92 Å². The predicted molar refractivity (Wildman–Crippen MR) is 112 cm³/mol. The maximum absolute atomic E-state index is 12.5. The molecule has 3 rings (SSSR count). The lowest BCUT2D eigenvalue weighted by Crippen LogP contribution is -2.38. The minimum absolute atomic E-state index is 0.0686. The number of hydrogen-bond acceptors (Lipinski definition) is 3. The SMILES string of the molecule is CCOc1ccccc1NC(=O)Nc1ccc2c(c1)N(C(=O)C(C)C)CCC2. The van der Waals surface area contributed by atoms with E-state index in [-0.39, 0.29) is 17.9 Å². The number of benzene rings is 2. The average Bonchev–Trinajstić information content (AvgIpc) is 2.68. The Labute approximate surface area is 165 Å². The normalized spacial score (nSPS) is 13.1. The molecule has 6 nitrogen and oxygen atoms in total. The van der Waals surface area contributed by atoms with Crippen LogP contribution < -0.4 is 20.3 Å². The van der Waals surface area contributed by atoms with E-state index in [0.717, 1.165) is 24.1 Å². The monoisotopic (exact) mass is 381 g/mol. The van der Waals surface area contributed by atoms with Gasteiger partial charge in [-0.15, -0.1) is 0 Å². The first-order valence-electron chi connectivity index (χ1n) is 9.73. The van der Waals surface area contributed by atoms with Gasteiger partial charge in [0.2, 0.25) is 5.91 Å². The standard InChI is InChI=1S/C22H27N3O3/c1-4-28-20-10-6-5-9-18(20)24-22(27)23-17-12-11-16-8-7-13-25(19(16)14-17)21(26)15(2)3/h5-6,9-12,14-15H,4,7-8,13H2,1-3H3,(H2,23,24,27). The number of urea groups is 1. The number of carbonyl (C=O) groups excluding carboxylic acids is 2. The molecule has 1 aliphatic rings. The molecule has 3 amide bonds. The van der Waals surface area contributed by atoms with E-state index in [1.807, 2.05) is 62.1 Å². The highest BCUT2D eigenvalue weighted by Crippen LogP contribution is 2.31. The molecule has 0 fully saturated rings. The first-order chi connectivity index (χ1) is 13.5. The van der Waals surface area contributed by atoms with Crippen LogP contribution in [0.4, 0.5) is 21.9 Å². The summed E-state index contributed by atoms with van der Waals surface area (Å²) in [4.78, 5) is 26.8. The quantitative estimate of drug-likeness (QED) is 0.791. The minimum Gasteiger partial charge on any atom is -0.492 e. The molecule has 1 heterocycles. The van der Waals surface area contributed by atoms with Gasteiger partial charge in [0, 0.05) is 23.8 Å². The van der Waals surface area contributed by atoms with Crippen LogP contribution in [0.1, 0.15) is 32.8 Å². The second-order valence-electron chi connectivity index (χ2n) is 7.10. The third kappa shape index (κ3) is 4.44. The number of nitrogens with one attached hydrogen (secondary N) is 2. The van der Waals surface area contributed by atoms with Crippen LogP contribution in [-0.4, -0.2) is 25.1 Å². The Hall–Kier alpha value is -3.02. The van der Waals surface area contributed by atoms with E-state index < -0.39 is 0 Å². The highest BCUT2D eigenvalue weighted by atomic mass is 16.5. The number of para-hydroxylation sites is 2. The second kappa shape index (κ2) is 8.78. The molecule has 6 heteroatoms. The zero-order chi connectivity index (χ0) is 20.1. The van der Waals surface area contributed by atoms with Gasteiger partial charge in [0.15, 0.2) is 0 Å². The summed E-state index contributed by atoms with van der Waals surface area (Å²) in [5.74, 6) is 0.661. The van der Waals surface area contributed by atoms with Gasteiger partial charge in [0.25, 0.3) is 0 Å². The Morgan fingerprint density at radius 1 is 1.14 bits per heavy atom. The highest BCUT2D eigenvalue weighted by molar-refractivity contribution is 6.02. The summed E-state index contributed by atoms with van der Waals surface area (Å²) in [6.07, 6.45) is 1.89. The number of ether oxygens (including phenoxy) is 1. The molecule has 0 radical (unpaired) electrons.